The fourth-order valence-electron chi connectivity index (χ4n) is 1.82. The van der Waals surface area contributed by atoms with Crippen molar-refractivity contribution in [2.45, 2.75) is 32.1 Å². The van der Waals surface area contributed by atoms with E-state index < -0.39 is 17.9 Å². The van der Waals surface area contributed by atoms with E-state index in [0.717, 1.165) is 12.8 Å². The lowest BCUT2D eigenvalue weighted by atomic mass is 10.1. The number of aliphatic carboxylic acids is 1. The Morgan fingerprint density at radius 2 is 1.52 bits per heavy atom. The summed E-state index contributed by atoms with van der Waals surface area (Å²) in [5.74, 6) is -2.64. The van der Waals surface area contributed by atoms with Gasteiger partial charge >= 0.3 is 17.9 Å². The summed E-state index contributed by atoms with van der Waals surface area (Å²) in [6.45, 7) is 0.194. The molecule has 0 unspecified atom stereocenters. The van der Waals surface area contributed by atoms with Crippen LogP contribution in [0.1, 0.15) is 52.8 Å². The maximum atomic E-state index is 11.8. The Morgan fingerprint density at radius 3 is 2.14 bits per heavy atom. The van der Waals surface area contributed by atoms with Crippen LogP contribution >= 0.6 is 0 Å². The van der Waals surface area contributed by atoms with Gasteiger partial charge in [-0.15, -0.1) is 0 Å². The number of rotatable bonds is 9. The van der Waals surface area contributed by atoms with Gasteiger partial charge in [0.25, 0.3) is 0 Å². The second-order valence-electron chi connectivity index (χ2n) is 4.54. The summed E-state index contributed by atoms with van der Waals surface area (Å²) in [7, 11) is 0. The van der Waals surface area contributed by atoms with Gasteiger partial charge < -0.3 is 14.9 Å². The molecule has 0 aromatic heterocycles. The zero-order valence-corrected chi connectivity index (χ0v) is 11.6. The highest BCUT2D eigenvalue weighted by atomic mass is 16.5. The smallest absolute Gasteiger partial charge is 0.339 e. The third-order valence-electron chi connectivity index (χ3n) is 2.90. The number of carboxylic acids is 2. The van der Waals surface area contributed by atoms with Crippen LogP contribution in [0.2, 0.25) is 0 Å². The molecule has 0 atom stereocenters. The van der Waals surface area contributed by atoms with Crippen LogP contribution in [0, 0.1) is 0 Å². The average Bonchev–Trinajstić information content (AvgIpc) is 2.45. The minimum Gasteiger partial charge on any atom is -0.481 e. The molecule has 6 heteroatoms. The van der Waals surface area contributed by atoms with E-state index in [2.05, 4.69) is 0 Å². The molecule has 0 spiro atoms. The summed E-state index contributed by atoms with van der Waals surface area (Å²) in [4.78, 5) is 33.1. The van der Waals surface area contributed by atoms with Crippen molar-refractivity contribution in [3.8, 4) is 0 Å². The Balaban J connectivity index is 2.31. The van der Waals surface area contributed by atoms with Crippen LogP contribution in [-0.2, 0) is 9.53 Å². The van der Waals surface area contributed by atoms with E-state index in [-0.39, 0.29) is 24.2 Å². The Kier molecular flexibility index (Phi) is 6.94. The molecule has 2 N–H and O–H groups in total. The van der Waals surface area contributed by atoms with Gasteiger partial charge in [0.1, 0.15) is 0 Å². The molecule has 0 saturated heterocycles. The molecule has 0 aliphatic carbocycles. The zero-order valence-electron chi connectivity index (χ0n) is 11.6. The molecule has 0 aliphatic heterocycles. The van der Waals surface area contributed by atoms with E-state index in [9.17, 15) is 14.4 Å². The number of carbonyl (C=O) groups excluding carboxylic acids is 1. The lowest BCUT2D eigenvalue weighted by Crippen LogP contribution is -2.12. The molecule has 0 radical (unpaired) electrons. The fourth-order valence-corrected chi connectivity index (χ4v) is 1.82. The second-order valence-corrected chi connectivity index (χ2v) is 4.54. The Bertz CT molecular complexity index is 509. The van der Waals surface area contributed by atoms with Gasteiger partial charge in [-0.05, 0) is 25.0 Å². The Labute approximate surface area is 122 Å². The summed E-state index contributed by atoms with van der Waals surface area (Å²) < 4.78 is 5.03. The third-order valence-corrected chi connectivity index (χ3v) is 2.90. The molecule has 1 rings (SSSR count). The number of hydrogen-bond donors (Lipinski definition) is 2. The van der Waals surface area contributed by atoms with Crippen LogP contribution in [-0.4, -0.2) is 34.7 Å². The summed E-state index contributed by atoms with van der Waals surface area (Å²) in [5, 5.41) is 17.4. The minimum absolute atomic E-state index is 0.0378. The largest absolute Gasteiger partial charge is 0.481 e. The van der Waals surface area contributed by atoms with Crippen molar-refractivity contribution in [2.75, 3.05) is 6.61 Å². The average molecular weight is 294 g/mol. The molecular weight excluding hydrogens is 276 g/mol. The van der Waals surface area contributed by atoms with Gasteiger partial charge in [-0.1, -0.05) is 25.0 Å². The molecule has 0 fully saturated rings. The number of aromatic carboxylic acids is 1. The second kappa shape index (κ2) is 8.73. The summed E-state index contributed by atoms with van der Waals surface area (Å²) in [6, 6.07) is 5.89. The molecule has 0 heterocycles. The standard InChI is InChI=1S/C15H18O6/c16-13(17)9-3-1-2-6-10-21-15(20)12-8-5-4-7-11(12)14(18)19/h4-5,7-8H,1-3,6,9-10H2,(H,16,17)(H,18,19). The number of hydrogen-bond acceptors (Lipinski definition) is 4. The SMILES string of the molecule is O=C(O)CCCCCCOC(=O)c1ccccc1C(=O)O. The maximum Gasteiger partial charge on any atom is 0.339 e. The molecule has 0 bridgehead atoms. The minimum atomic E-state index is -1.17. The number of benzene rings is 1. The van der Waals surface area contributed by atoms with Gasteiger partial charge in [0.2, 0.25) is 0 Å². The number of carbonyl (C=O) groups is 3. The lowest BCUT2D eigenvalue weighted by molar-refractivity contribution is -0.137. The van der Waals surface area contributed by atoms with Crippen LogP contribution in [0.3, 0.4) is 0 Å². The highest BCUT2D eigenvalue weighted by Gasteiger charge is 2.16. The number of unbranched alkanes of at least 4 members (excludes halogenated alkanes) is 3. The third kappa shape index (κ3) is 6.07. The molecule has 6 nitrogen and oxygen atoms in total. The molecule has 1 aromatic carbocycles. The number of ether oxygens (including phenoxy) is 1. The van der Waals surface area contributed by atoms with Crippen molar-refractivity contribution in [1.29, 1.82) is 0 Å². The van der Waals surface area contributed by atoms with E-state index in [1.807, 2.05) is 0 Å². The molecule has 1 aromatic rings. The highest BCUT2D eigenvalue weighted by molar-refractivity contribution is 6.02. The van der Waals surface area contributed by atoms with E-state index in [0.29, 0.717) is 12.8 Å². The quantitative estimate of drug-likeness (QED) is 0.536. The first-order valence-electron chi connectivity index (χ1n) is 6.73. The van der Waals surface area contributed by atoms with Gasteiger partial charge in [0.15, 0.2) is 0 Å². The Hall–Kier alpha value is -2.37. The highest BCUT2D eigenvalue weighted by Crippen LogP contribution is 2.11. The molecule has 0 amide bonds. The molecule has 21 heavy (non-hydrogen) atoms. The summed E-state index contributed by atoms with van der Waals surface area (Å²) in [6.07, 6.45) is 2.90. The first-order chi connectivity index (χ1) is 10.0. The van der Waals surface area contributed by atoms with Crippen LogP contribution in [0.25, 0.3) is 0 Å². The van der Waals surface area contributed by atoms with E-state index in [1.165, 1.54) is 12.1 Å². The molecular formula is C15H18O6. The van der Waals surface area contributed by atoms with E-state index in [1.54, 1.807) is 12.1 Å². The monoisotopic (exact) mass is 294 g/mol. The normalized spacial score (nSPS) is 10.1. The number of esters is 1. The Morgan fingerprint density at radius 1 is 0.905 bits per heavy atom. The maximum absolute atomic E-state index is 11.8. The van der Waals surface area contributed by atoms with Gasteiger partial charge in [0.05, 0.1) is 17.7 Å². The summed E-state index contributed by atoms with van der Waals surface area (Å²) >= 11 is 0. The van der Waals surface area contributed by atoms with E-state index in [4.69, 9.17) is 14.9 Å². The van der Waals surface area contributed by atoms with Gasteiger partial charge in [-0.2, -0.15) is 0 Å². The summed E-state index contributed by atoms with van der Waals surface area (Å²) in [5.41, 5.74) is -0.0418. The van der Waals surface area contributed by atoms with Gasteiger partial charge in [-0.3, -0.25) is 4.79 Å². The van der Waals surface area contributed by atoms with Crippen LogP contribution in [0.15, 0.2) is 24.3 Å². The van der Waals surface area contributed by atoms with Crippen molar-refractivity contribution in [1.82, 2.24) is 0 Å². The predicted octanol–water partition coefficient (Wildman–Crippen LogP) is 2.58. The topological polar surface area (TPSA) is 101 Å². The first kappa shape index (κ1) is 16.7. The van der Waals surface area contributed by atoms with Gasteiger partial charge in [-0.25, -0.2) is 9.59 Å². The van der Waals surface area contributed by atoms with Crippen molar-refractivity contribution in [2.24, 2.45) is 0 Å². The lowest BCUT2D eigenvalue weighted by Gasteiger charge is -2.07. The van der Waals surface area contributed by atoms with Crippen molar-refractivity contribution in [3.63, 3.8) is 0 Å². The van der Waals surface area contributed by atoms with Crippen LogP contribution in [0.5, 0.6) is 0 Å². The van der Waals surface area contributed by atoms with Crippen LogP contribution in [0.4, 0.5) is 0 Å². The van der Waals surface area contributed by atoms with E-state index >= 15 is 0 Å². The number of carboxylic acid groups (broad SMARTS) is 2. The van der Waals surface area contributed by atoms with Crippen molar-refractivity contribution < 1.29 is 29.3 Å². The fraction of sp³-hybridized carbons (Fsp3) is 0.400. The van der Waals surface area contributed by atoms with Crippen molar-refractivity contribution in [3.05, 3.63) is 35.4 Å². The van der Waals surface area contributed by atoms with Crippen LogP contribution < -0.4 is 0 Å². The predicted molar refractivity (Wildman–Crippen MR) is 74.4 cm³/mol. The molecule has 0 saturated carbocycles. The zero-order chi connectivity index (χ0) is 15.7. The first-order valence-corrected chi connectivity index (χ1v) is 6.73. The van der Waals surface area contributed by atoms with Gasteiger partial charge in [0, 0.05) is 6.42 Å². The molecule has 114 valence electrons. The molecule has 0 aliphatic rings. The van der Waals surface area contributed by atoms with Crippen molar-refractivity contribution >= 4 is 17.9 Å².